The molecule has 0 amide bonds. The van der Waals surface area contributed by atoms with E-state index in [1.807, 2.05) is 31.1 Å². The predicted octanol–water partition coefficient (Wildman–Crippen LogP) is 2.18. The molecule has 0 aliphatic rings. The summed E-state index contributed by atoms with van der Waals surface area (Å²) in [4.78, 5) is 1.89. The van der Waals surface area contributed by atoms with E-state index in [9.17, 15) is 0 Å². The van der Waals surface area contributed by atoms with Gasteiger partial charge in [0.25, 0.3) is 0 Å². The molecule has 1 heterocycles. The fraction of sp³-hybridized carbons (Fsp3) is 0.167. The monoisotopic (exact) mass is 217 g/mol. The minimum atomic E-state index is 0.691. The first-order valence-electron chi connectivity index (χ1n) is 4.99. The number of hydrogen-bond acceptors (Lipinski definition) is 4. The van der Waals surface area contributed by atoms with Gasteiger partial charge < -0.3 is 20.8 Å². The molecule has 16 heavy (non-hydrogen) atoms. The SMILES string of the molecule is CN(C)c1cc(-c2cc(N)ccc2N)co1. The topological polar surface area (TPSA) is 68.4 Å². The van der Waals surface area contributed by atoms with Crippen molar-refractivity contribution in [1.82, 2.24) is 0 Å². The van der Waals surface area contributed by atoms with Gasteiger partial charge in [0.15, 0.2) is 5.88 Å². The van der Waals surface area contributed by atoms with E-state index in [0.29, 0.717) is 11.4 Å². The summed E-state index contributed by atoms with van der Waals surface area (Å²) in [7, 11) is 3.84. The zero-order chi connectivity index (χ0) is 11.7. The van der Waals surface area contributed by atoms with Gasteiger partial charge in [-0.05, 0) is 18.2 Å². The summed E-state index contributed by atoms with van der Waals surface area (Å²) in [6, 6.07) is 7.36. The summed E-state index contributed by atoms with van der Waals surface area (Å²) in [5, 5.41) is 0. The van der Waals surface area contributed by atoms with E-state index in [0.717, 1.165) is 17.0 Å². The summed E-state index contributed by atoms with van der Waals surface area (Å²) < 4.78 is 5.40. The first kappa shape index (κ1) is 10.4. The average molecular weight is 217 g/mol. The summed E-state index contributed by atoms with van der Waals surface area (Å²) >= 11 is 0. The summed E-state index contributed by atoms with van der Waals surface area (Å²) in [5.41, 5.74) is 14.9. The lowest BCUT2D eigenvalue weighted by molar-refractivity contribution is 0.566. The van der Waals surface area contributed by atoms with Crippen LogP contribution in [0.3, 0.4) is 0 Å². The smallest absolute Gasteiger partial charge is 0.195 e. The van der Waals surface area contributed by atoms with Crippen molar-refractivity contribution in [2.45, 2.75) is 0 Å². The highest BCUT2D eigenvalue weighted by Gasteiger charge is 2.08. The first-order valence-corrected chi connectivity index (χ1v) is 4.99. The Bertz CT molecular complexity index is 503. The lowest BCUT2D eigenvalue weighted by Gasteiger charge is -2.06. The van der Waals surface area contributed by atoms with E-state index in [1.54, 1.807) is 18.4 Å². The molecule has 4 nitrogen and oxygen atoms in total. The number of nitrogens with zero attached hydrogens (tertiary/aromatic N) is 1. The Hall–Kier alpha value is -2.10. The molecule has 0 saturated carbocycles. The molecule has 2 rings (SSSR count). The molecular formula is C12H15N3O. The minimum Gasteiger partial charge on any atom is -0.448 e. The van der Waals surface area contributed by atoms with Gasteiger partial charge >= 0.3 is 0 Å². The summed E-state index contributed by atoms with van der Waals surface area (Å²) in [5.74, 6) is 0.789. The van der Waals surface area contributed by atoms with Crippen LogP contribution in [0.4, 0.5) is 17.3 Å². The van der Waals surface area contributed by atoms with Gasteiger partial charge in [-0.3, -0.25) is 0 Å². The van der Waals surface area contributed by atoms with E-state index in [2.05, 4.69) is 0 Å². The molecule has 0 saturated heterocycles. The molecule has 0 fully saturated rings. The normalized spacial score (nSPS) is 10.4. The van der Waals surface area contributed by atoms with Crippen LogP contribution in [0.25, 0.3) is 11.1 Å². The number of nitrogen functional groups attached to an aromatic ring is 2. The summed E-state index contributed by atoms with van der Waals surface area (Å²) in [6.45, 7) is 0. The standard InChI is InChI=1S/C12H15N3O/c1-15(2)12-5-8(7-16-12)10-6-9(13)3-4-11(10)14/h3-7H,13-14H2,1-2H3. The van der Waals surface area contributed by atoms with Gasteiger partial charge in [-0.25, -0.2) is 0 Å². The second-order valence-electron chi connectivity index (χ2n) is 3.91. The predicted molar refractivity (Wildman–Crippen MR) is 67.3 cm³/mol. The van der Waals surface area contributed by atoms with Gasteiger partial charge in [0.1, 0.15) is 6.26 Å². The van der Waals surface area contributed by atoms with Crippen molar-refractivity contribution >= 4 is 17.3 Å². The average Bonchev–Trinajstić information content (AvgIpc) is 2.70. The van der Waals surface area contributed by atoms with Crippen LogP contribution in [-0.2, 0) is 0 Å². The molecule has 0 aliphatic heterocycles. The van der Waals surface area contributed by atoms with Crippen molar-refractivity contribution in [2.24, 2.45) is 0 Å². The fourth-order valence-corrected chi connectivity index (χ4v) is 1.52. The highest BCUT2D eigenvalue weighted by molar-refractivity contribution is 5.79. The van der Waals surface area contributed by atoms with E-state index in [1.165, 1.54) is 0 Å². The zero-order valence-corrected chi connectivity index (χ0v) is 9.40. The molecule has 0 atom stereocenters. The van der Waals surface area contributed by atoms with Crippen LogP contribution in [0.5, 0.6) is 0 Å². The van der Waals surface area contributed by atoms with Crippen LogP contribution in [0.2, 0.25) is 0 Å². The Kier molecular flexibility index (Phi) is 2.48. The van der Waals surface area contributed by atoms with Crippen molar-refractivity contribution in [2.75, 3.05) is 30.5 Å². The molecule has 4 N–H and O–H groups in total. The van der Waals surface area contributed by atoms with Gasteiger partial charge in [0.05, 0.1) is 0 Å². The Morgan fingerprint density at radius 2 is 1.88 bits per heavy atom. The van der Waals surface area contributed by atoms with E-state index < -0.39 is 0 Å². The van der Waals surface area contributed by atoms with Gasteiger partial charge in [0, 0.05) is 42.7 Å². The molecule has 4 heteroatoms. The molecule has 1 aromatic carbocycles. The Morgan fingerprint density at radius 1 is 1.12 bits per heavy atom. The molecule has 0 bridgehead atoms. The van der Waals surface area contributed by atoms with Gasteiger partial charge in [-0.2, -0.15) is 0 Å². The molecule has 2 aromatic rings. The number of benzene rings is 1. The number of rotatable bonds is 2. The maximum absolute atomic E-state index is 5.90. The zero-order valence-electron chi connectivity index (χ0n) is 9.40. The maximum atomic E-state index is 5.90. The molecule has 84 valence electrons. The second-order valence-corrected chi connectivity index (χ2v) is 3.91. The van der Waals surface area contributed by atoms with Gasteiger partial charge in [0.2, 0.25) is 0 Å². The third-order valence-electron chi connectivity index (χ3n) is 2.41. The third-order valence-corrected chi connectivity index (χ3v) is 2.41. The van der Waals surface area contributed by atoms with Crippen LogP contribution in [0, 0.1) is 0 Å². The van der Waals surface area contributed by atoms with Crippen molar-refractivity contribution in [3.05, 3.63) is 30.5 Å². The third kappa shape index (κ3) is 1.82. The second kappa shape index (κ2) is 3.81. The van der Waals surface area contributed by atoms with E-state index >= 15 is 0 Å². The molecule has 1 aromatic heterocycles. The maximum Gasteiger partial charge on any atom is 0.195 e. The molecular weight excluding hydrogens is 202 g/mol. The van der Waals surface area contributed by atoms with E-state index in [-0.39, 0.29) is 0 Å². The Labute approximate surface area is 94.5 Å². The Morgan fingerprint density at radius 3 is 2.50 bits per heavy atom. The highest BCUT2D eigenvalue weighted by Crippen LogP contribution is 2.31. The minimum absolute atomic E-state index is 0.691. The largest absolute Gasteiger partial charge is 0.448 e. The fourth-order valence-electron chi connectivity index (χ4n) is 1.52. The van der Waals surface area contributed by atoms with E-state index in [4.69, 9.17) is 15.9 Å². The van der Waals surface area contributed by atoms with Crippen LogP contribution in [0.1, 0.15) is 0 Å². The number of furan rings is 1. The number of anilines is 3. The quantitative estimate of drug-likeness (QED) is 0.756. The van der Waals surface area contributed by atoms with Crippen LogP contribution in [-0.4, -0.2) is 14.1 Å². The number of hydrogen-bond donors (Lipinski definition) is 2. The van der Waals surface area contributed by atoms with Crippen molar-refractivity contribution < 1.29 is 4.42 Å². The van der Waals surface area contributed by atoms with Crippen LogP contribution >= 0.6 is 0 Å². The molecule has 0 unspecified atom stereocenters. The van der Waals surface area contributed by atoms with Gasteiger partial charge in [-0.15, -0.1) is 0 Å². The molecule has 0 spiro atoms. The first-order chi connectivity index (χ1) is 7.58. The van der Waals surface area contributed by atoms with Crippen molar-refractivity contribution in [3.63, 3.8) is 0 Å². The number of nitrogens with two attached hydrogens (primary N) is 2. The van der Waals surface area contributed by atoms with Crippen LogP contribution in [0.15, 0.2) is 34.9 Å². The molecule has 0 radical (unpaired) electrons. The highest BCUT2D eigenvalue weighted by atomic mass is 16.3. The lowest BCUT2D eigenvalue weighted by atomic mass is 10.1. The van der Waals surface area contributed by atoms with Crippen LogP contribution < -0.4 is 16.4 Å². The van der Waals surface area contributed by atoms with Crippen molar-refractivity contribution in [1.29, 1.82) is 0 Å². The van der Waals surface area contributed by atoms with Crippen molar-refractivity contribution in [3.8, 4) is 11.1 Å². The Balaban J connectivity index is 2.46. The molecule has 0 aliphatic carbocycles. The lowest BCUT2D eigenvalue weighted by Crippen LogP contribution is -2.06. The van der Waals surface area contributed by atoms with Gasteiger partial charge in [-0.1, -0.05) is 0 Å². The summed E-state index contributed by atoms with van der Waals surface area (Å²) in [6.07, 6.45) is 1.68.